The van der Waals surface area contributed by atoms with E-state index in [4.69, 9.17) is 4.74 Å². The number of rotatable bonds is 7. The van der Waals surface area contributed by atoms with E-state index in [1.54, 1.807) is 0 Å². The van der Waals surface area contributed by atoms with Gasteiger partial charge in [-0.1, -0.05) is 72.8 Å². The molecule has 0 bridgehead atoms. The van der Waals surface area contributed by atoms with Crippen molar-refractivity contribution in [2.24, 2.45) is 0 Å². The average molecular weight is 394 g/mol. The van der Waals surface area contributed by atoms with E-state index >= 15 is 0 Å². The number of nitrogens with zero attached hydrogens (tertiary/aromatic N) is 1. The summed E-state index contributed by atoms with van der Waals surface area (Å²) < 4.78 is 5.43. The molecule has 4 nitrogen and oxygen atoms in total. The van der Waals surface area contributed by atoms with Crippen LogP contribution in [0.2, 0.25) is 0 Å². The number of hydrogen-bond donors (Lipinski definition) is 1. The molecule has 0 spiro atoms. The number of benzene rings is 2. The second-order valence-corrected chi connectivity index (χ2v) is 7.78. The highest BCUT2D eigenvalue weighted by atomic mass is 16.5. The van der Waals surface area contributed by atoms with Gasteiger partial charge in [-0.05, 0) is 44.9 Å². The van der Waals surface area contributed by atoms with Crippen molar-refractivity contribution < 1.29 is 14.6 Å². The predicted molar refractivity (Wildman–Crippen MR) is 116 cm³/mol. The number of carbonyl (C=O) groups is 1. The molecule has 4 unspecified atom stereocenters. The Morgan fingerprint density at radius 1 is 1.17 bits per heavy atom. The number of aliphatic hydroxyl groups is 1. The fourth-order valence-electron chi connectivity index (χ4n) is 4.15. The first-order valence-electron chi connectivity index (χ1n) is 10.4. The number of ether oxygens (including phenoxy) is 1. The monoisotopic (exact) mass is 393 g/mol. The average Bonchev–Trinajstić information content (AvgIpc) is 2.79. The van der Waals surface area contributed by atoms with Crippen molar-refractivity contribution in [3.63, 3.8) is 0 Å². The summed E-state index contributed by atoms with van der Waals surface area (Å²) in [5.74, 6) is -0.194. The van der Waals surface area contributed by atoms with Gasteiger partial charge in [0.2, 0.25) is 0 Å². The SMILES string of the molecule is CCOC(=O)C1(c2ccccc2)C=CC(N(C)C(C)C(O)c2ccccc2)CC1. The van der Waals surface area contributed by atoms with Gasteiger partial charge in [0.05, 0.1) is 12.7 Å². The highest BCUT2D eigenvalue weighted by Crippen LogP contribution is 2.38. The Kier molecular flexibility index (Phi) is 6.88. The molecule has 2 aromatic rings. The molecular weight excluding hydrogens is 362 g/mol. The molecule has 0 saturated heterocycles. The van der Waals surface area contributed by atoms with E-state index < -0.39 is 11.5 Å². The van der Waals surface area contributed by atoms with E-state index in [0.717, 1.165) is 17.5 Å². The van der Waals surface area contributed by atoms with Crippen molar-refractivity contribution in [1.82, 2.24) is 4.90 Å². The third kappa shape index (κ3) is 4.44. The van der Waals surface area contributed by atoms with Gasteiger partial charge in [0.1, 0.15) is 5.41 Å². The lowest BCUT2D eigenvalue weighted by Gasteiger charge is -2.40. The quantitative estimate of drug-likeness (QED) is 0.564. The molecule has 154 valence electrons. The van der Waals surface area contributed by atoms with E-state index in [1.807, 2.05) is 87.6 Å². The highest BCUT2D eigenvalue weighted by molar-refractivity contribution is 5.86. The number of carbonyl (C=O) groups excluding carboxylic acids is 1. The molecule has 29 heavy (non-hydrogen) atoms. The Labute approximate surface area is 173 Å². The lowest BCUT2D eigenvalue weighted by molar-refractivity contribution is -0.148. The van der Waals surface area contributed by atoms with E-state index in [-0.39, 0.29) is 18.1 Å². The van der Waals surface area contributed by atoms with Crippen molar-refractivity contribution in [1.29, 1.82) is 0 Å². The second-order valence-electron chi connectivity index (χ2n) is 7.78. The van der Waals surface area contributed by atoms with Gasteiger partial charge in [-0.15, -0.1) is 0 Å². The van der Waals surface area contributed by atoms with Crippen molar-refractivity contribution in [2.75, 3.05) is 13.7 Å². The predicted octanol–water partition coefficient (Wildman–Crippen LogP) is 4.26. The summed E-state index contributed by atoms with van der Waals surface area (Å²) in [6, 6.07) is 19.7. The molecule has 4 heteroatoms. The lowest BCUT2D eigenvalue weighted by atomic mass is 9.72. The first-order chi connectivity index (χ1) is 14.0. The lowest BCUT2D eigenvalue weighted by Crippen LogP contribution is -2.46. The van der Waals surface area contributed by atoms with Crippen LogP contribution in [0.25, 0.3) is 0 Å². The van der Waals surface area contributed by atoms with E-state index in [9.17, 15) is 9.90 Å². The number of esters is 1. The zero-order valence-electron chi connectivity index (χ0n) is 17.5. The van der Waals surface area contributed by atoms with Crippen LogP contribution in [0.4, 0.5) is 0 Å². The van der Waals surface area contributed by atoms with Crippen LogP contribution < -0.4 is 0 Å². The summed E-state index contributed by atoms with van der Waals surface area (Å²) in [6.45, 7) is 4.24. The van der Waals surface area contributed by atoms with Gasteiger partial charge < -0.3 is 9.84 Å². The topological polar surface area (TPSA) is 49.8 Å². The summed E-state index contributed by atoms with van der Waals surface area (Å²) >= 11 is 0. The minimum absolute atomic E-state index is 0.0566. The van der Waals surface area contributed by atoms with Crippen LogP contribution in [0.15, 0.2) is 72.8 Å². The first-order valence-corrected chi connectivity index (χ1v) is 10.4. The van der Waals surface area contributed by atoms with Gasteiger partial charge in [-0.2, -0.15) is 0 Å². The molecule has 1 aliphatic rings. The van der Waals surface area contributed by atoms with Crippen molar-refractivity contribution in [3.8, 4) is 0 Å². The van der Waals surface area contributed by atoms with Gasteiger partial charge >= 0.3 is 5.97 Å². The summed E-state index contributed by atoms with van der Waals surface area (Å²) in [5, 5.41) is 10.8. The first kappa shape index (κ1) is 21.3. The summed E-state index contributed by atoms with van der Waals surface area (Å²) in [7, 11) is 2.03. The van der Waals surface area contributed by atoms with Gasteiger partial charge in [0.15, 0.2) is 0 Å². The summed E-state index contributed by atoms with van der Waals surface area (Å²) in [5.41, 5.74) is 1.14. The maximum absolute atomic E-state index is 12.9. The fraction of sp³-hybridized carbons (Fsp3) is 0.400. The summed E-state index contributed by atoms with van der Waals surface area (Å²) in [4.78, 5) is 15.1. The van der Waals surface area contributed by atoms with Crippen LogP contribution in [0.5, 0.6) is 0 Å². The van der Waals surface area contributed by atoms with Crippen LogP contribution in [0, 0.1) is 0 Å². The second kappa shape index (κ2) is 9.38. The Morgan fingerprint density at radius 2 is 1.79 bits per heavy atom. The molecule has 0 radical (unpaired) electrons. The normalized spacial score (nSPS) is 23.6. The fourth-order valence-corrected chi connectivity index (χ4v) is 4.15. The molecular formula is C25H31NO3. The van der Waals surface area contributed by atoms with Crippen LogP contribution in [0.3, 0.4) is 0 Å². The van der Waals surface area contributed by atoms with Crippen molar-refractivity contribution in [3.05, 3.63) is 83.9 Å². The van der Waals surface area contributed by atoms with E-state index in [1.165, 1.54) is 0 Å². The van der Waals surface area contributed by atoms with Crippen LogP contribution in [-0.2, 0) is 14.9 Å². The zero-order chi connectivity index (χ0) is 20.9. The molecule has 0 aliphatic heterocycles. The molecule has 0 aromatic heterocycles. The molecule has 1 aliphatic carbocycles. The molecule has 0 amide bonds. The largest absolute Gasteiger partial charge is 0.465 e. The van der Waals surface area contributed by atoms with Gasteiger partial charge in [0.25, 0.3) is 0 Å². The number of likely N-dealkylation sites (N-methyl/N-ethyl adjacent to an activating group) is 1. The van der Waals surface area contributed by atoms with Crippen LogP contribution in [-0.4, -0.2) is 41.7 Å². The van der Waals surface area contributed by atoms with E-state index in [0.29, 0.717) is 13.0 Å². The minimum atomic E-state index is -0.740. The molecule has 3 rings (SSSR count). The smallest absolute Gasteiger partial charge is 0.320 e. The number of aliphatic hydroxyl groups excluding tert-OH is 1. The van der Waals surface area contributed by atoms with Gasteiger partial charge in [-0.25, -0.2) is 0 Å². The standard InChI is InChI=1S/C25H31NO3/c1-4-29-24(28)25(21-13-9-6-10-14-21)17-15-22(16-18-25)26(3)19(2)23(27)20-11-7-5-8-12-20/h5-15,17,19,22-23,27H,4,16,18H2,1-3H3. The Balaban J connectivity index is 1.80. The maximum atomic E-state index is 12.9. The third-order valence-corrected chi connectivity index (χ3v) is 6.13. The Hall–Kier alpha value is -2.43. The minimum Gasteiger partial charge on any atom is -0.465 e. The zero-order valence-corrected chi connectivity index (χ0v) is 17.5. The summed E-state index contributed by atoms with van der Waals surface area (Å²) in [6.07, 6.45) is 5.02. The molecule has 0 saturated carbocycles. The Bertz CT molecular complexity index is 820. The highest BCUT2D eigenvalue weighted by Gasteiger charge is 2.42. The van der Waals surface area contributed by atoms with Gasteiger partial charge in [-0.3, -0.25) is 9.69 Å². The van der Waals surface area contributed by atoms with Crippen molar-refractivity contribution >= 4 is 5.97 Å². The molecule has 0 fully saturated rings. The molecule has 1 N–H and O–H groups in total. The third-order valence-electron chi connectivity index (χ3n) is 6.13. The van der Waals surface area contributed by atoms with E-state index in [2.05, 4.69) is 11.0 Å². The maximum Gasteiger partial charge on any atom is 0.320 e. The number of hydrogen-bond acceptors (Lipinski definition) is 4. The van der Waals surface area contributed by atoms with Crippen molar-refractivity contribution in [2.45, 2.75) is 50.3 Å². The Morgan fingerprint density at radius 3 is 2.34 bits per heavy atom. The molecule has 0 heterocycles. The molecule has 4 atom stereocenters. The van der Waals surface area contributed by atoms with Crippen LogP contribution in [0.1, 0.15) is 43.9 Å². The van der Waals surface area contributed by atoms with Crippen LogP contribution >= 0.6 is 0 Å². The molecule has 2 aromatic carbocycles. The van der Waals surface area contributed by atoms with Gasteiger partial charge in [0, 0.05) is 12.1 Å².